The molecule has 2 aliphatic rings. The van der Waals surface area contributed by atoms with E-state index in [1.54, 1.807) is 4.52 Å². The first kappa shape index (κ1) is 18.2. The third kappa shape index (κ3) is 3.19. The smallest absolute Gasteiger partial charge is 0.296 e. The highest BCUT2D eigenvalue weighted by atomic mass is 16.5. The van der Waals surface area contributed by atoms with Gasteiger partial charge < -0.3 is 14.5 Å². The zero-order valence-corrected chi connectivity index (χ0v) is 16.9. The van der Waals surface area contributed by atoms with E-state index in [4.69, 9.17) is 9.72 Å². The van der Waals surface area contributed by atoms with Crippen LogP contribution in [0.3, 0.4) is 0 Å². The van der Waals surface area contributed by atoms with Crippen LogP contribution in [0.4, 0.5) is 11.4 Å². The topological polar surface area (TPSA) is 65.9 Å². The molecule has 29 heavy (non-hydrogen) atoms. The number of hydrogen-bond donors (Lipinski definition) is 1. The van der Waals surface area contributed by atoms with Gasteiger partial charge in [-0.15, -0.1) is 0 Å². The number of aryl methyl sites for hydroxylation is 1. The first-order valence-electron chi connectivity index (χ1n) is 10.5. The summed E-state index contributed by atoms with van der Waals surface area (Å²) in [6.45, 7) is 6.65. The molecule has 0 spiro atoms. The van der Waals surface area contributed by atoms with Gasteiger partial charge in [0, 0.05) is 31.7 Å². The fourth-order valence-electron chi connectivity index (χ4n) is 4.53. The van der Waals surface area contributed by atoms with Crippen LogP contribution in [-0.4, -0.2) is 54.0 Å². The highest BCUT2D eigenvalue weighted by Gasteiger charge is 2.26. The molecule has 5 rings (SSSR count). The number of rotatable bonds is 3. The Bertz CT molecular complexity index is 1060. The summed E-state index contributed by atoms with van der Waals surface area (Å²) in [6, 6.07) is 10.2. The molecule has 2 aromatic heterocycles. The molecule has 2 aliphatic heterocycles. The number of morpholine rings is 1. The van der Waals surface area contributed by atoms with Gasteiger partial charge in [0.05, 0.1) is 24.6 Å². The monoisotopic (exact) mass is 393 g/mol. The number of ether oxygens (including phenoxy) is 1. The highest BCUT2D eigenvalue weighted by molar-refractivity contribution is 5.86. The number of H-pyrrole nitrogens is 1. The molecule has 0 aliphatic carbocycles. The second-order valence-corrected chi connectivity index (χ2v) is 7.86. The maximum Gasteiger partial charge on any atom is 0.296 e. The molecule has 1 aromatic carbocycles. The van der Waals surface area contributed by atoms with Gasteiger partial charge in [-0.3, -0.25) is 9.89 Å². The number of fused-ring (bicyclic) bond motifs is 1. The second-order valence-electron chi connectivity index (χ2n) is 7.86. The van der Waals surface area contributed by atoms with E-state index in [9.17, 15) is 4.79 Å². The fraction of sp³-hybridized carbons (Fsp3) is 0.455. The normalized spacial score (nSPS) is 17.8. The van der Waals surface area contributed by atoms with Crippen LogP contribution in [0.15, 0.2) is 35.1 Å². The zero-order chi connectivity index (χ0) is 19.8. The molecule has 4 heterocycles. The summed E-state index contributed by atoms with van der Waals surface area (Å²) in [5.74, 6) is 0. The van der Waals surface area contributed by atoms with E-state index in [0.29, 0.717) is 18.9 Å². The second kappa shape index (κ2) is 7.55. The van der Waals surface area contributed by atoms with Crippen molar-refractivity contribution in [3.8, 4) is 11.3 Å². The number of benzene rings is 1. The quantitative estimate of drug-likeness (QED) is 0.741. The largest absolute Gasteiger partial charge is 0.378 e. The molecule has 1 N–H and O–H groups in total. The molecule has 2 saturated heterocycles. The number of piperidine rings is 1. The van der Waals surface area contributed by atoms with Gasteiger partial charge in [-0.2, -0.15) is 4.52 Å². The number of nitrogens with zero attached hydrogens (tertiary/aromatic N) is 4. The van der Waals surface area contributed by atoms with E-state index in [0.717, 1.165) is 54.5 Å². The Hall–Kier alpha value is -2.80. The Balaban J connectivity index is 1.73. The van der Waals surface area contributed by atoms with E-state index in [1.807, 2.05) is 25.1 Å². The zero-order valence-electron chi connectivity index (χ0n) is 16.9. The van der Waals surface area contributed by atoms with Crippen LogP contribution in [-0.2, 0) is 4.74 Å². The van der Waals surface area contributed by atoms with Gasteiger partial charge >= 0.3 is 0 Å². The minimum atomic E-state index is -0.0326. The van der Waals surface area contributed by atoms with Crippen molar-refractivity contribution in [1.82, 2.24) is 14.6 Å². The van der Waals surface area contributed by atoms with Crippen LogP contribution < -0.4 is 15.4 Å². The Morgan fingerprint density at radius 1 is 0.931 bits per heavy atom. The Labute approximate surface area is 169 Å². The Kier molecular flexibility index (Phi) is 4.75. The molecule has 7 heteroatoms. The lowest BCUT2D eigenvalue weighted by molar-refractivity contribution is 0.122. The van der Waals surface area contributed by atoms with Crippen molar-refractivity contribution in [1.29, 1.82) is 0 Å². The van der Waals surface area contributed by atoms with E-state index in [2.05, 4.69) is 27.0 Å². The van der Waals surface area contributed by atoms with Crippen molar-refractivity contribution in [2.75, 3.05) is 49.2 Å². The van der Waals surface area contributed by atoms with Crippen LogP contribution in [0.1, 0.15) is 25.0 Å². The maximum atomic E-state index is 13.5. The first-order valence-corrected chi connectivity index (χ1v) is 10.5. The third-order valence-electron chi connectivity index (χ3n) is 5.97. The van der Waals surface area contributed by atoms with Crippen molar-refractivity contribution in [2.45, 2.75) is 26.2 Å². The summed E-state index contributed by atoms with van der Waals surface area (Å²) >= 11 is 0. The van der Waals surface area contributed by atoms with Crippen LogP contribution in [0, 0.1) is 6.92 Å². The molecular formula is C22H27N5O2. The molecule has 0 atom stereocenters. The van der Waals surface area contributed by atoms with Gasteiger partial charge in [0.1, 0.15) is 11.4 Å². The van der Waals surface area contributed by atoms with E-state index in [1.165, 1.54) is 19.3 Å². The van der Waals surface area contributed by atoms with Gasteiger partial charge in [-0.05, 0) is 26.2 Å². The van der Waals surface area contributed by atoms with Gasteiger partial charge in [0.2, 0.25) is 0 Å². The Morgan fingerprint density at radius 2 is 1.62 bits per heavy atom. The number of nitrogens with one attached hydrogen (secondary N) is 1. The minimum absolute atomic E-state index is 0.0326. The molecule has 2 fully saturated rings. The molecule has 3 aromatic rings. The van der Waals surface area contributed by atoms with Crippen LogP contribution in [0.5, 0.6) is 0 Å². The number of aromatic amines is 1. The van der Waals surface area contributed by atoms with Crippen LogP contribution >= 0.6 is 0 Å². The standard InChI is InChI=1S/C22H27N5O2/c1-16-19(26-12-14-29-15-13-26)22(28)27-21(23-16)20(25-10-6-3-7-11-25)18(24-27)17-8-4-2-5-9-17/h2,4-5,8-9,24H,3,6-7,10-15H2,1H3. The SMILES string of the molecule is Cc1nc2c(N3CCCCC3)c(-c3ccccc3)[nH]n2c(=O)c1N1CCOCC1. The minimum Gasteiger partial charge on any atom is -0.378 e. The lowest BCUT2D eigenvalue weighted by Gasteiger charge is -2.30. The number of aromatic nitrogens is 3. The van der Waals surface area contributed by atoms with Gasteiger partial charge in [-0.1, -0.05) is 30.3 Å². The fourth-order valence-corrected chi connectivity index (χ4v) is 4.53. The van der Waals surface area contributed by atoms with Gasteiger partial charge in [-0.25, -0.2) is 4.98 Å². The predicted octanol–water partition coefficient (Wildman–Crippen LogP) is 2.82. The van der Waals surface area contributed by atoms with Crippen molar-refractivity contribution in [3.05, 3.63) is 46.4 Å². The van der Waals surface area contributed by atoms with Crippen molar-refractivity contribution in [2.24, 2.45) is 0 Å². The van der Waals surface area contributed by atoms with E-state index in [-0.39, 0.29) is 5.56 Å². The molecule has 152 valence electrons. The van der Waals surface area contributed by atoms with Crippen molar-refractivity contribution < 1.29 is 4.74 Å². The van der Waals surface area contributed by atoms with Crippen molar-refractivity contribution >= 4 is 17.0 Å². The van der Waals surface area contributed by atoms with E-state index >= 15 is 0 Å². The molecule has 0 saturated carbocycles. The summed E-state index contributed by atoms with van der Waals surface area (Å²) in [5, 5.41) is 3.39. The maximum absolute atomic E-state index is 13.5. The summed E-state index contributed by atoms with van der Waals surface area (Å²) in [4.78, 5) is 22.9. The summed E-state index contributed by atoms with van der Waals surface area (Å²) < 4.78 is 7.11. The predicted molar refractivity (Wildman–Crippen MR) is 115 cm³/mol. The van der Waals surface area contributed by atoms with Gasteiger partial charge in [0.15, 0.2) is 5.65 Å². The number of anilines is 2. The average molecular weight is 393 g/mol. The van der Waals surface area contributed by atoms with Crippen LogP contribution in [0.25, 0.3) is 16.9 Å². The molecule has 7 nitrogen and oxygen atoms in total. The lowest BCUT2D eigenvalue weighted by Crippen LogP contribution is -2.40. The molecule has 0 radical (unpaired) electrons. The average Bonchev–Trinajstić information content (AvgIpc) is 3.15. The molecule has 0 unspecified atom stereocenters. The van der Waals surface area contributed by atoms with Crippen LogP contribution in [0.2, 0.25) is 0 Å². The molecular weight excluding hydrogens is 366 g/mol. The first-order chi connectivity index (χ1) is 14.2. The lowest BCUT2D eigenvalue weighted by atomic mass is 10.1. The molecule has 0 bridgehead atoms. The highest BCUT2D eigenvalue weighted by Crippen LogP contribution is 2.35. The third-order valence-corrected chi connectivity index (χ3v) is 5.97. The van der Waals surface area contributed by atoms with E-state index < -0.39 is 0 Å². The summed E-state index contributed by atoms with van der Waals surface area (Å²) in [5.41, 5.74) is 5.24. The summed E-state index contributed by atoms with van der Waals surface area (Å²) in [7, 11) is 0. The number of hydrogen-bond acceptors (Lipinski definition) is 5. The van der Waals surface area contributed by atoms with Crippen molar-refractivity contribution in [3.63, 3.8) is 0 Å². The van der Waals surface area contributed by atoms with Gasteiger partial charge in [0.25, 0.3) is 5.56 Å². The Morgan fingerprint density at radius 3 is 2.34 bits per heavy atom. The molecule has 0 amide bonds. The summed E-state index contributed by atoms with van der Waals surface area (Å²) in [6.07, 6.45) is 3.59.